The molecule has 1 aliphatic rings. The molecule has 0 radical (unpaired) electrons. The smallest absolute Gasteiger partial charge is 0.326 e. The third kappa shape index (κ3) is 3.60. The molecule has 0 aromatic carbocycles. The second-order valence-corrected chi connectivity index (χ2v) is 4.88. The molecule has 0 heterocycles. The van der Waals surface area contributed by atoms with E-state index in [1.165, 1.54) is 11.9 Å². The van der Waals surface area contributed by atoms with Gasteiger partial charge in [-0.3, -0.25) is 0 Å². The summed E-state index contributed by atoms with van der Waals surface area (Å²) in [5.41, 5.74) is 5.95. The highest BCUT2D eigenvalue weighted by atomic mass is 16.4. The number of hydrogen-bond acceptors (Lipinski definition) is 3. The van der Waals surface area contributed by atoms with Gasteiger partial charge < -0.3 is 21.1 Å². The Balaban J connectivity index is 2.55. The summed E-state index contributed by atoms with van der Waals surface area (Å²) in [7, 11) is 1.51. The van der Waals surface area contributed by atoms with E-state index in [0.29, 0.717) is 6.42 Å². The first-order valence-electron chi connectivity index (χ1n) is 6.49. The number of carbonyl (C=O) groups excluding carboxylic acids is 1. The summed E-state index contributed by atoms with van der Waals surface area (Å²) in [6.45, 7) is 1.74. The van der Waals surface area contributed by atoms with Crippen LogP contribution in [0.5, 0.6) is 0 Å². The lowest BCUT2D eigenvalue weighted by atomic mass is 9.91. The zero-order chi connectivity index (χ0) is 13.7. The fourth-order valence-corrected chi connectivity index (χ4v) is 2.35. The van der Waals surface area contributed by atoms with Crippen molar-refractivity contribution in [1.29, 1.82) is 0 Å². The van der Waals surface area contributed by atoms with Crippen molar-refractivity contribution < 1.29 is 14.7 Å². The SMILES string of the molecule is CCC(C(=O)O)N(C)C(=O)NC1CCCCC1N. The van der Waals surface area contributed by atoms with Crippen molar-refractivity contribution in [1.82, 2.24) is 10.2 Å². The second-order valence-electron chi connectivity index (χ2n) is 4.88. The van der Waals surface area contributed by atoms with Crippen LogP contribution in [0.1, 0.15) is 39.0 Å². The van der Waals surface area contributed by atoms with E-state index in [9.17, 15) is 9.59 Å². The zero-order valence-electron chi connectivity index (χ0n) is 11.1. The van der Waals surface area contributed by atoms with Gasteiger partial charge in [-0.25, -0.2) is 9.59 Å². The summed E-state index contributed by atoms with van der Waals surface area (Å²) in [6, 6.07) is -1.21. The Kier molecular flexibility index (Phi) is 5.40. The number of carbonyl (C=O) groups is 2. The molecule has 0 aromatic rings. The molecule has 4 N–H and O–H groups in total. The lowest BCUT2D eigenvalue weighted by Gasteiger charge is -2.32. The van der Waals surface area contributed by atoms with Crippen molar-refractivity contribution in [3.8, 4) is 0 Å². The number of carboxylic acid groups (broad SMARTS) is 1. The number of nitrogens with two attached hydrogens (primary N) is 1. The number of nitrogens with one attached hydrogen (secondary N) is 1. The van der Waals surface area contributed by atoms with Gasteiger partial charge in [-0.05, 0) is 19.3 Å². The quantitative estimate of drug-likeness (QED) is 0.693. The molecule has 1 saturated carbocycles. The number of nitrogens with zero attached hydrogens (tertiary/aromatic N) is 1. The predicted molar refractivity (Wildman–Crippen MR) is 68.2 cm³/mol. The van der Waals surface area contributed by atoms with E-state index in [-0.39, 0.29) is 18.1 Å². The van der Waals surface area contributed by atoms with Crippen LogP contribution in [0.25, 0.3) is 0 Å². The van der Waals surface area contributed by atoms with Gasteiger partial charge in [0.05, 0.1) is 0 Å². The van der Waals surface area contributed by atoms with Gasteiger partial charge in [0, 0.05) is 19.1 Å². The minimum atomic E-state index is -0.983. The third-order valence-electron chi connectivity index (χ3n) is 3.59. The molecule has 0 bridgehead atoms. The van der Waals surface area contributed by atoms with Crippen molar-refractivity contribution >= 4 is 12.0 Å². The maximum absolute atomic E-state index is 12.0. The standard InChI is InChI=1S/C12H23N3O3/c1-3-10(11(16)17)15(2)12(18)14-9-7-5-4-6-8(9)13/h8-10H,3-7,13H2,1-2H3,(H,14,18)(H,16,17). The van der Waals surface area contributed by atoms with Gasteiger partial charge in [-0.1, -0.05) is 19.8 Å². The van der Waals surface area contributed by atoms with E-state index in [1.807, 2.05) is 0 Å². The van der Waals surface area contributed by atoms with Crippen LogP contribution in [-0.2, 0) is 4.79 Å². The van der Waals surface area contributed by atoms with Crippen molar-refractivity contribution in [2.24, 2.45) is 5.73 Å². The third-order valence-corrected chi connectivity index (χ3v) is 3.59. The Hall–Kier alpha value is -1.30. The number of urea groups is 1. The molecule has 3 unspecified atom stereocenters. The summed E-state index contributed by atoms with van der Waals surface area (Å²) < 4.78 is 0. The molecule has 104 valence electrons. The maximum Gasteiger partial charge on any atom is 0.326 e. The van der Waals surface area contributed by atoms with E-state index in [1.54, 1.807) is 6.92 Å². The Morgan fingerprint density at radius 1 is 1.44 bits per heavy atom. The van der Waals surface area contributed by atoms with Crippen LogP contribution in [0.15, 0.2) is 0 Å². The monoisotopic (exact) mass is 257 g/mol. The average molecular weight is 257 g/mol. The largest absolute Gasteiger partial charge is 0.480 e. The Bertz CT molecular complexity index is 309. The normalized spacial score (nSPS) is 25.3. The molecule has 3 atom stereocenters. The molecule has 1 aliphatic carbocycles. The highest BCUT2D eigenvalue weighted by Crippen LogP contribution is 2.17. The molecule has 1 fully saturated rings. The van der Waals surface area contributed by atoms with Gasteiger partial charge in [-0.15, -0.1) is 0 Å². The minimum absolute atomic E-state index is 0.0268. The number of carboxylic acids is 1. The van der Waals surface area contributed by atoms with Gasteiger partial charge in [-0.2, -0.15) is 0 Å². The number of aliphatic carboxylic acids is 1. The summed E-state index contributed by atoms with van der Waals surface area (Å²) in [6.07, 6.45) is 4.31. The number of amides is 2. The summed E-state index contributed by atoms with van der Waals surface area (Å²) in [4.78, 5) is 24.2. The van der Waals surface area contributed by atoms with E-state index in [0.717, 1.165) is 25.7 Å². The summed E-state index contributed by atoms with van der Waals surface area (Å²) in [5, 5.41) is 11.8. The Labute approximate surface area is 108 Å². The van der Waals surface area contributed by atoms with E-state index < -0.39 is 12.0 Å². The molecule has 0 aromatic heterocycles. The lowest BCUT2D eigenvalue weighted by Crippen LogP contribution is -2.55. The van der Waals surface area contributed by atoms with Gasteiger partial charge in [0.15, 0.2) is 0 Å². The van der Waals surface area contributed by atoms with Crippen LogP contribution in [0.2, 0.25) is 0 Å². The van der Waals surface area contributed by atoms with Crippen molar-refractivity contribution in [3.63, 3.8) is 0 Å². The van der Waals surface area contributed by atoms with Gasteiger partial charge in [0.25, 0.3) is 0 Å². The van der Waals surface area contributed by atoms with Crippen LogP contribution >= 0.6 is 0 Å². The van der Waals surface area contributed by atoms with Crippen LogP contribution < -0.4 is 11.1 Å². The Morgan fingerprint density at radius 3 is 2.56 bits per heavy atom. The lowest BCUT2D eigenvalue weighted by molar-refractivity contribution is -0.141. The Morgan fingerprint density at radius 2 is 2.06 bits per heavy atom. The average Bonchev–Trinajstić information content (AvgIpc) is 2.32. The summed E-state index contributed by atoms with van der Waals surface area (Å²) >= 11 is 0. The van der Waals surface area contributed by atoms with E-state index >= 15 is 0 Å². The minimum Gasteiger partial charge on any atom is -0.480 e. The van der Waals surface area contributed by atoms with Gasteiger partial charge >= 0.3 is 12.0 Å². The van der Waals surface area contributed by atoms with Crippen LogP contribution in [0.4, 0.5) is 4.79 Å². The molecule has 0 saturated heterocycles. The van der Waals surface area contributed by atoms with Crippen LogP contribution in [-0.4, -0.2) is 47.2 Å². The van der Waals surface area contributed by atoms with Crippen molar-refractivity contribution in [3.05, 3.63) is 0 Å². The zero-order valence-corrected chi connectivity index (χ0v) is 11.1. The molecular formula is C12H23N3O3. The molecule has 6 heteroatoms. The predicted octanol–water partition coefficient (Wildman–Crippen LogP) is 0.761. The van der Waals surface area contributed by atoms with E-state index in [4.69, 9.17) is 10.8 Å². The van der Waals surface area contributed by atoms with Crippen molar-refractivity contribution in [2.75, 3.05) is 7.05 Å². The summed E-state index contributed by atoms with van der Waals surface area (Å²) in [5.74, 6) is -0.983. The van der Waals surface area contributed by atoms with Crippen molar-refractivity contribution in [2.45, 2.75) is 57.2 Å². The fraction of sp³-hybridized carbons (Fsp3) is 0.833. The molecule has 1 rings (SSSR count). The first-order chi connectivity index (χ1) is 8.47. The molecule has 0 aliphatic heterocycles. The number of rotatable bonds is 4. The maximum atomic E-state index is 12.0. The second kappa shape index (κ2) is 6.58. The number of hydrogen-bond donors (Lipinski definition) is 3. The highest BCUT2D eigenvalue weighted by molar-refractivity contribution is 5.82. The highest BCUT2D eigenvalue weighted by Gasteiger charge is 2.28. The molecule has 18 heavy (non-hydrogen) atoms. The molecule has 0 spiro atoms. The fourth-order valence-electron chi connectivity index (χ4n) is 2.35. The van der Waals surface area contributed by atoms with Crippen LogP contribution in [0.3, 0.4) is 0 Å². The first kappa shape index (κ1) is 14.8. The molecule has 2 amide bonds. The van der Waals surface area contributed by atoms with Gasteiger partial charge in [0.2, 0.25) is 0 Å². The van der Waals surface area contributed by atoms with Crippen LogP contribution in [0, 0.1) is 0 Å². The number of likely N-dealkylation sites (N-methyl/N-ethyl adjacent to an activating group) is 1. The van der Waals surface area contributed by atoms with Gasteiger partial charge in [0.1, 0.15) is 6.04 Å². The topological polar surface area (TPSA) is 95.7 Å². The van der Waals surface area contributed by atoms with E-state index in [2.05, 4.69) is 5.32 Å². The molecular weight excluding hydrogens is 234 g/mol. The first-order valence-corrected chi connectivity index (χ1v) is 6.49. The molecule has 6 nitrogen and oxygen atoms in total.